The Bertz CT molecular complexity index is 1730. The van der Waals surface area contributed by atoms with E-state index >= 15 is 0 Å². The minimum Gasteiger partial charge on any atom is -0.481 e. The normalized spacial score (nSPS) is 52.6. The van der Waals surface area contributed by atoms with Crippen molar-refractivity contribution in [2.45, 2.75) is 174 Å². The number of ketones is 1. The number of fused-ring (bicyclic) bond motifs is 7. The van der Waals surface area contributed by atoms with Gasteiger partial charge in [-0.05, 0) is 110 Å². The van der Waals surface area contributed by atoms with Gasteiger partial charge < -0.3 is 59.8 Å². The maximum absolute atomic E-state index is 14.8. The average molecular weight is 823 g/mol. The fraction of sp³-hybridized carbons (Fsp3) is 0.857. The zero-order chi connectivity index (χ0) is 42.9. The minimum absolute atomic E-state index is 0.0217. The Morgan fingerprint density at radius 2 is 1.28 bits per heavy atom. The second-order valence-electron chi connectivity index (χ2n) is 20.6. The third kappa shape index (κ3) is 6.25. The molecule has 0 unspecified atom stereocenters. The van der Waals surface area contributed by atoms with E-state index in [0.717, 1.165) is 37.7 Å². The second kappa shape index (κ2) is 14.3. The first-order valence-electron chi connectivity index (χ1n) is 20.7. The predicted octanol–water partition coefficient (Wildman–Crippen LogP) is 2.25. The van der Waals surface area contributed by atoms with Crippen molar-refractivity contribution >= 4 is 23.7 Å². The molecule has 58 heavy (non-hydrogen) atoms. The first-order valence-corrected chi connectivity index (χ1v) is 20.7. The summed E-state index contributed by atoms with van der Waals surface area (Å²) in [7, 11) is 0. The van der Waals surface area contributed by atoms with Crippen LogP contribution in [-0.2, 0) is 38.1 Å². The zero-order valence-electron chi connectivity index (χ0n) is 34.4. The number of rotatable bonds is 7. The van der Waals surface area contributed by atoms with Gasteiger partial charge in [-0.1, -0.05) is 47.1 Å². The Labute approximate surface area is 337 Å². The molecule has 0 radical (unpaired) electrons. The molecule has 16 heteroatoms. The van der Waals surface area contributed by atoms with Crippen molar-refractivity contribution in [3.05, 3.63) is 11.6 Å². The van der Waals surface area contributed by atoms with Gasteiger partial charge in [0, 0.05) is 5.92 Å². The summed E-state index contributed by atoms with van der Waals surface area (Å²) in [4.78, 5) is 51.3. The standard InChI is InChI=1S/C42H62O16/c1-37(2)21-8-11-42(7)31(20(43)16-18-19-17-39(4,36(53)54)13-12-38(19,3)14-15-41(18,42)6)40(21,5)10-9-22(37)55-35-30(26(47)25(46)29(57-35)33(51)52)58-34-27(48)23(44)24(45)28(56-34)32(49)50/h16,19,21-31,34-35,44-48H,8-15,17H2,1-7H3,(H,49,50)(H,51,52)(H,53,54)/t19-,21+,22-,23-,24+,25+,26+,27-,28-,29+,30-,31+,34-,35-,38+,39-,40-,41+,42+/m0/s1. The van der Waals surface area contributed by atoms with Crippen molar-refractivity contribution < 1.29 is 79.0 Å². The van der Waals surface area contributed by atoms with Crippen LogP contribution in [0.15, 0.2) is 11.6 Å². The molecule has 0 amide bonds. The van der Waals surface area contributed by atoms with E-state index in [0.29, 0.717) is 25.7 Å². The first-order chi connectivity index (χ1) is 26.8. The molecule has 16 nitrogen and oxygen atoms in total. The molecular formula is C42H62O16. The van der Waals surface area contributed by atoms with E-state index in [4.69, 9.17) is 18.9 Å². The van der Waals surface area contributed by atoms with Crippen LogP contribution in [-0.4, -0.2) is 132 Å². The highest BCUT2D eigenvalue weighted by Crippen LogP contribution is 2.75. The third-order valence-corrected chi connectivity index (χ3v) is 17.2. The summed E-state index contributed by atoms with van der Waals surface area (Å²) in [5, 5.41) is 83.0. The SMILES string of the molecule is CC1(C)[C@@H](O[C@H]2O[C@@H](C(=O)O)[C@H](O)[C@@H](O)[C@@H]2O[C@@H]2O[C@H](C(=O)O)[C@H](O)[C@H](O)[C@@H]2O)CC[C@@]2(C)[C@@H]1CC[C@]1(C)[C@@H]2C(=O)C=C2[C@@H]3C[C@@](C)(C(=O)O)CC[C@]3(C)CC[C@]21C. The van der Waals surface area contributed by atoms with Crippen molar-refractivity contribution in [3.63, 3.8) is 0 Å². The Balaban J connectivity index is 1.17. The third-order valence-electron chi connectivity index (χ3n) is 17.2. The lowest BCUT2D eigenvalue weighted by atomic mass is 9.33. The van der Waals surface area contributed by atoms with Crippen LogP contribution in [0.5, 0.6) is 0 Å². The minimum atomic E-state index is -2.05. The van der Waals surface area contributed by atoms with E-state index in [1.165, 1.54) is 0 Å². The molecule has 19 atom stereocenters. The highest BCUT2D eigenvalue weighted by molar-refractivity contribution is 5.95. The van der Waals surface area contributed by atoms with Crippen molar-refractivity contribution in [3.8, 4) is 0 Å². The van der Waals surface area contributed by atoms with Crippen LogP contribution in [0, 0.1) is 50.2 Å². The summed E-state index contributed by atoms with van der Waals surface area (Å²) < 4.78 is 23.4. The highest BCUT2D eigenvalue weighted by Gasteiger charge is 2.71. The highest BCUT2D eigenvalue weighted by atomic mass is 16.8. The Kier molecular flexibility index (Phi) is 10.7. The number of aliphatic hydroxyl groups is 5. The molecule has 7 rings (SSSR count). The largest absolute Gasteiger partial charge is 0.481 e. The predicted molar refractivity (Wildman–Crippen MR) is 199 cm³/mol. The lowest BCUT2D eigenvalue weighted by Crippen LogP contribution is -2.68. The summed E-state index contributed by atoms with van der Waals surface area (Å²) >= 11 is 0. The van der Waals surface area contributed by atoms with E-state index in [1.807, 2.05) is 26.8 Å². The number of carbonyl (C=O) groups is 4. The van der Waals surface area contributed by atoms with Crippen molar-refractivity contribution in [2.24, 2.45) is 50.2 Å². The number of allylic oxidation sites excluding steroid dienone is 2. The van der Waals surface area contributed by atoms with E-state index < -0.39 is 107 Å². The molecule has 8 N–H and O–H groups in total. The molecule has 2 heterocycles. The molecule has 0 aromatic carbocycles. The topological polar surface area (TPSA) is 267 Å². The Morgan fingerprint density at radius 3 is 1.88 bits per heavy atom. The van der Waals surface area contributed by atoms with Crippen LogP contribution in [0.3, 0.4) is 0 Å². The van der Waals surface area contributed by atoms with Gasteiger partial charge in [-0.2, -0.15) is 0 Å². The average Bonchev–Trinajstić information content (AvgIpc) is 3.13. The Hall–Kier alpha value is -2.54. The van der Waals surface area contributed by atoms with Crippen LogP contribution >= 0.6 is 0 Å². The monoisotopic (exact) mass is 822 g/mol. The summed E-state index contributed by atoms with van der Waals surface area (Å²) in [5.41, 5.74) is -1.81. The molecule has 4 saturated carbocycles. The lowest BCUT2D eigenvalue weighted by molar-refractivity contribution is -0.371. The number of aliphatic hydroxyl groups excluding tert-OH is 5. The van der Waals surface area contributed by atoms with E-state index in [9.17, 15) is 60.0 Å². The van der Waals surface area contributed by atoms with Crippen LogP contribution in [0.1, 0.15) is 106 Å². The summed E-state index contributed by atoms with van der Waals surface area (Å²) in [5.74, 6) is -4.47. The van der Waals surface area contributed by atoms with Gasteiger partial charge in [0.25, 0.3) is 0 Å². The van der Waals surface area contributed by atoms with E-state index in [2.05, 4.69) is 27.7 Å². The molecule has 0 bridgehead atoms. The van der Waals surface area contributed by atoms with Crippen LogP contribution in [0.4, 0.5) is 0 Å². The number of carbonyl (C=O) groups excluding carboxylic acids is 1. The van der Waals surface area contributed by atoms with Crippen molar-refractivity contribution in [2.75, 3.05) is 0 Å². The van der Waals surface area contributed by atoms with Gasteiger partial charge in [-0.15, -0.1) is 0 Å². The summed E-state index contributed by atoms with van der Waals surface area (Å²) in [6, 6.07) is 0. The summed E-state index contributed by atoms with van der Waals surface area (Å²) in [6.45, 7) is 14.8. The van der Waals surface area contributed by atoms with Crippen LogP contribution in [0.25, 0.3) is 0 Å². The molecule has 2 aliphatic heterocycles. The molecule has 6 fully saturated rings. The number of aliphatic carboxylic acids is 3. The molecule has 5 aliphatic carbocycles. The van der Waals surface area contributed by atoms with Crippen LogP contribution < -0.4 is 0 Å². The van der Waals surface area contributed by atoms with Gasteiger partial charge >= 0.3 is 17.9 Å². The maximum atomic E-state index is 14.8. The molecule has 2 saturated heterocycles. The molecular weight excluding hydrogens is 760 g/mol. The van der Waals surface area contributed by atoms with Gasteiger partial charge in [0.05, 0.1) is 11.5 Å². The van der Waals surface area contributed by atoms with Crippen molar-refractivity contribution in [1.82, 2.24) is 0 Å². The van der Waals surface area contributed by atoms with E-state index in [1.54, 1.807) is 0 Å². The second-order valence-corrected chi connectivity index (χ2v) is 20.6. The number of carboxylic acid groups (broad SMARTS) is 3. The van der Waals surface area contributed by atoms with Gasteiger partial charge in [-0.25, -0.2) is 9.59 Å². The number of carboxylic acids is 3. The number of hydrogen-bond acceptors (Lipinski definition) is 13. The van der Waals surface area contributed by atoms with Gasteiger partial charge in [-0.3, -0.25) is 9.59 Å². The lowest BCUT2D eigenvalue weighted by Gasteiger charge is -2.70. The molecule has 0 aromatic rings. The molecule has 7 aliphatic rings. The van der Waals surface area contributed by atoms with Crippen LogP contribution in [0.2, 0.25) is 0 Å². The molecule has 326 valence electrons. The molecule has 0 aromatic heterocycles. The smallest absolute Gasteiger partial charge is 0.335 e. The van der Waals surface area contributed by atoms with Gasteiger partial charge in [0.2, 0.25) is 0 Å². The fourth-order valence-electron chi connectivity index (χ4n) is 13.4. The Morgan fingerprint density at radius 1 is 0.690 bits per heavy atom. The number of hydrogen-bond donors (Lipinski definition) is 8. The molecule has 0 spiro atoms. The van der Waals surface area contributed by atoms with Gasteiger partial charge in [0.1, 0.15) is 36.6 Å². The summed E-state index contributed by atoms with van der Waals surface area (Å²) in [6.07, 6.45) is -12.2. The quantitative estimate of drug-likeness (QED) is 0.171. The fourth-order valence-corrected chi connectivity index (χ4v) is 13.4. The van der Waals surface area contributed by atoms with E-state index in [-0.39, 0.29) is 34.4 Å². The maximum Gasteiger partial charge on any atom is 0.335 e. The first kappa shape index (κ1) is 43.5. The van der Waals surface area contributed by atoms with Crippen molar-refractivity contribution in [1.29, 1.82) is 0 Å². The number of ether oxygens (including phenoxy) is 4. The zero-order valence-corrected chi connectivity index (χ0v) is 34.4. The van der Waals surface area contributed by atoms with Gasteiger partial charge in [0.15, 0.2) is 30.6 Å².